The average molecular weight is 448 g/mol. The van der Waals surface area contributed by atoms with E-state index in [-0.39, 0.29) is 18.8 Å². The van der Waals surface area contributed by atoms with Crippen LogP contribution in [0.1, 0.15) is 5.56 Å². The fraction of sp³-hybridized carbons (Fsp3) is 0.200. The number of benzene rings is 2. The zero-order valence-electron chi connectivity index (χ0n) is 14.3. The van der Waals surface area contributed by atoms with Crippen LogP contribution in [0.5, 0.6) is 5.75 Å². The molecule has 4 rings (SSSR count). The van der Waals surface area contributed by atoms with Crippen LogP contribution in [0.15, 0.2) is 59.2 Å². The van der Waals surface area contributed by atoms with E-state index in [9.17, 15) is 4.79 Å². The Kier molecular flexibility index (Phi) is 5.18. The molecular formula is C20H16BrClN2O3. The molecule has 0 radical (unpaired) electrons. The molecule has 1 aliphatic rings. The van der Waals surface area contributed by atoms with Crippen molar-refractivity contribution in [3.05, 3.63) is 69.9 Å². The summed E-state index contributed by atoms with van der Waals surface area (Å²) in [5, 5.41) is 2.24. The molecule has 1 fully saturated rings. The lowest BCUT2D eigenvalue weighted by molar-refractivity contribution is 0.00933. The quantitative estimate of drug-likeness (QED) is 0.525. The molecule has 27 heavy (non-hydrogen) atoms. The van der Waals surface area contributed by atoms with Crippen LogP contribution in [-0.4, -0.2) is 35.2 Å². The van der Waals surface area contributed by atoms with Crippen LogP contribution in [0, 0.1) is 0 Å². The molecular weight excluding hydrogens is 432 g/mol. The number of nitrogens with zero attached hydrogens (tertiary/aromatic N) is 2. The summed E-state index contributed by atoms with van der Waals surface area (Å²) in [6.45, 7) is 1.25. The van der Waals surface area contributed by atoms with Gasteiger partial charge in [0, 0.05) is 21.4 Å². The van der Waals surface area contributed by atoms with Crippen molar-refractivity contribution in [2.45, 2.75) is 12.7 Å². The van der Waals surface area contributed by atoms with Crippen LogP contribution in [0.25, 0.3) is 10.8 Å². The topological polar surface area (TPSA) is 51.7 Å². The second-order valence-electron chi connectivity index (χ2n) is 6.28. The molecule has 0 spiro atoms. The van der Waals surface area contributed by atoms with E-state index in [1.165, 1.54) is 0 Å². The van der Waals surface area contributed by atoms with Gasteiger partial charge >= 0.3 is 6.09 Å². The molecule has 0 unspecified atom stereocenters. The molecule has 1 aromatic heterocycles. The SMILES string of the molecule is O=C(OCc1ccccc1)N1CC(Oc2ccc(Br)c3cc(Cl)ncc23)C1. The van der Waals surface area contributed by atoms with E-state index in [1.807, 2.05) is 42.5 Å². The fourth-order valence-corrected chi connectivity index (χ4v) is 3.53. The van der Waals surface area contributed by atoms with Crippen LogP contribution in [0.2, 0.25) is 5.15 Å². The lowest BCUT2D eigenvalue weighted by atomic mass is 10.1. The minimum Gasteiger partial charge on any atom is -0.486 e. The van der Waals surface area contributed by atoms with E-state index in [1.54, 1.807) is 17.2 Å². The summed E-state index contributed by atoms with van der Waals surface area (Å²) in [7, 11) is 0. The molecule has 2 heterocycles. The third-order valence-electron chi connectivity index (χ3n) is 4.38. The van der Waals surface area contributed by atoms with Crippen LogP contribution in [-0.2, 0) is 11.3 Å². The number of amides is 1. The van der Waals surface area contributed by atoms with E-state index in [0.717, 1.165) is 26.6 Å². The molecule has 1 saturated heterocycles. The smallest absolute Gasteiger partial charge is 0.410 e. The van der Waals surface area contributed by atoms with Gasteiger partial charge in [-0.15, -0.1) is 0 Å². The van der Waals surface area contributed by atoms with Gasteiger partial charge in [0.2, 0.25) is 0 Å². The molecule has 3 aromatic rings. The predicted octanol–water partition coefficient (Wildman–Crippen LogP) is 5.05. The molecule has 0 aliphatic carbocycles. The minimum absolute atomic E-state index is 0.0747. The van der Waals surface area contributed by atoms with Gasteiger partial charge in [0.1, 0.15) is 23.6 Å². The Labute approximate surface area is 170 Å². The first-order valence-corrected chi connectivity index (χ1v) is 9.63. The molecule has 0 N–H and O–H groups in total. The number of rotatable bonds is 4. The van der Waals surface area contributed by atoms with Gasteiger partial charge in [0.05, 0.1) is 13.1 Å². The number of likely N-dealkylation sites (tertiary alicyclic amines) is 1. The Morgan fingerprint density at radius 2 is 1.96 bits per heavy atom. The lowest BCUT2D eigenvalue weighted by Gasteiger charge is -2.38. The largest absolute Gasteiger partial charge is 0.486 e. The third kappa shape index (κ3) is 4.01. The van der Waals surface area contributed by atoms with Gasteiger partial charge in [0.15, 0.2) is 0 Å². The predicted molar refractivity (Wildman–Crippen MR) is 107 cm³/mol. The van der Waals surface area contributed by atoms with Crippen molar-refractivity contribution in [3.63, 3.8) is 0 Å². The average Bonchev–Trinajstić information content (AvgIpc) is 2.65. The highest BCUT2D eigenvalue weighted by Gasteiger charge is 2.33. The van der Waals surface area contributed by atoms with Crippen molar-refractivity contribution in [3.8, 4) is 5.75 Å². The minimum atomic E-state index is -0.326. The van der Waals surface area contributed by atoms with Crippen molar-refractivity contribution >= 4 is 44.4 Å². The van der Waals surface area contributed by atoms with Gasteiger partial charge in [-0.25, -0.2) is 9.78 Å². The number of hydrogen-bond donors (Lipinski definition) is 0. The standard InChI is InChI=1S/C20H16BrClN2O3/c21-17-6-7-18(16-9-23-19(22)8-15(16)17)27-14-10-24(11-14)20(25)26-12-13-4-2-1-3-5-13/h1-9,14H,10-12H2. The maximum atomic E-state index is 12.1. The first kappa shape index (κ1) is 18.1. The molecule has 0 saturated carbocycles. The van der Waals surface area contributed by atoms with Gasteiger partial charge in [0.25, 0.3) is 0 Å². The van der Waals surface area contributed by atoms with E-state index in [4.69, 9.17) is 21.1 Å². The van der Waals surface area contributed by atoms with Crippen molar-refractivity contribution in [2.75, 3.05) is 13.1 Å². The molecule has 1 aliphatic heterocycles. The highest BCUT2D eigenvalue weighted by Crippen LogP contribution is 2.33. The second kappa shape index (κ2) is 7.74. The van der Waals surface area contributed by atoms with E-state index in [2.05, 4.69) is 20.9 Å². The van der Waals surface area contributed by atoms with Crippen molar-refractivity contribution in [2.24, 2.45) is 0 Å². The van der Waals surface area contributed by atoms with Crippen LogP contribution in [0.3, 0.4) is 0 Å². The highest BCUT2D eigenvalue weighted by atomic mass is 79.9. The van der Waals surface area contributed by atoms with Gasteiger partial charge in [-0.2, -0.15) is 0 Å². The fourth-order valence-electron chi connectivity index (χ4n) is 2.91. The number of hydrogen-bond acceptors (Lipinski definition) is 4. The molecule has 5 nitrogen and oxygen atoms in total. The number of ether oxygens (including phenoxy) is 2. The number of aromatic nitrogens is 1. The Morgan fingerprint density at radius 1 is 1.19 bits per heavy atom. The van der Waals surface area contributed by atoms with Gasteiger partial charge in [-0.05, 0) is 23.8 Å². The number of fused-ring (bicyclic) bond motifs is 1. The Balaban J connectivity index is 1.35. The molecule has 0 bridgehead atoms. The number of carbonyl (C=O) groups excluding carboxylic acids is 1. The van der Waals surface area contributed by atoms with Crippen LogP contribution in [0.4, 0.5) is 4.79 Å². The zero-order valence-corrected chi connectivity index (χ0v) is 16.6. The van der Waals surface area contributed by atoms with Gasteiger partial charge in [-0.3, -0.25) is 0 Å². The maximum absolute atomic E-state index is 12.1. The van der Waals surface area contributed by atoms with Gasteiger partial charge < -0.3 is 14.4 Å². The Bertz CT molecular complexity index is 978. The summed E-state index contributed by atoms with van der Waals surface area (Å²) >= 11 is 9.50. The number of halogens is 2. The van der Waals surface area contributed by atoms with E-state index < -0.39 is 0 Å². The number of carbonyl (C=O) groups is 1. The number of pyridine rings is 1. The van der Waals surface area contributed by atoms with Crippen molar-refractivity contribution < 1.29 is 14.3 Å². The van der Waals surface area contributed by atoms with Crippen molar-refractivity contribution in [1.29, 1.82) is 0 Å². The van der Waals surface area contributed by atoms with Crippen LogP contribution >= 0.6 is 27.5 Å². The monoisotopic (exact) mass is 446 g/mol. The molecule has 7 heteroatoms. The summed E-state index contributed by atoms with van der Waals surface area (Å²) in [5.41, 5.74) is 0.965. The van der Waals surface area contributed by atoms with Crippen molar-refractivity contribution in [1.82, 2.24) is 9.88 Å². The van der Waals surface area contributed by atoms with E-state index >= 15 is 0 Å². The highest BCUT2D eigenvalue weighted by molar-refractivity contribution is 9.10. The summed E-state index contributed by atoms with van der Waals surface area (Å²) in [6, 6.07) is 15.2. The second-order valence-corrected chi connectivity index (χ2v) is 7.52. The molecule has 1 amide bonds. The summed E-state index contributed by atoms with van der Waals surface area (Å²) in [4.78, 5) is 17.9. The zero-order chi connectivity index (χ0) is 18.8. The summed E-state index contributed by atoms with van der Waals surface area (Å²) in [6.07, 6.45) is 1.30. The normalized spacial score (nSPS) is 14.1. The van der Waals surface area contributed by atoms with E-state index in [0.29, 0.717) is 18.2 Å². The molecule has 0 atom stereocenters. The third-order valence-corrected chi connectivity index (χ3v) is 5.28. The molecule has 2 aromatic carbocycles. The summed E-state index contributed by atoms with van der Waals surface area (Å²) < 4.78 is 12.3. The maximum Gasteiger partial charge on any atom is 0.410 e. The Hall–Kier alpha value is -2.31. The summed E-state index contributed by atoms with van der Waals surface area (Å²) in [5.74, 6) is 0.722. The Morgan fingerprint density at radius 3 is 2.74 bits per heavy atom. The van der Waals surface area contributed by atoms with Crippen LogP contribution < -0.4 is 4.74 Å². The lowest BCUT2D eigenvalue weighted by Crippen LogP contribution is -2.56. The first-order valence-electron chi connectivity index (χ1n) is 8.46. The van der Waals surface area contributed by atoms with Gasteiger partial charge in [-0.1, -0.05) is 57.9 Å². The molecule has 138 valence electrons. The first-order chi connectivity index (χ1) is 13.1.